The minimum atomic E-state index is -4.61. The molecule has 0 amide bonds. The van der Waals surface area contributed by atoms with Gasteiger partial charge in [-0.1, -0.05) is 0 Å². The van der Waals surface area contributed by atoms with Crippen LogP contribution in [0.4, 0.5) is 30.5 Å². The Morgan fingerprint density at radius 2 is 1.86 bits per heavy atom. The Balaban J connectivity index is 2.35. The Bertz CT molecular complexity index is 692. The largest absolute Gasteiger partial charge is 0.417 e. The lowest BCUT2D eigenvalue weighted by atomic mass is 10.1. The monoisotopic (exact) mass is 294 g/mol. The second-order valence-electron chi connectivity index (χ2n) is 3.93. The molecule has 9 heteroatoms. The fourth-order valence-corrected chi connectivity index (χ4v) is 1.61. The molecule has 0 unspecified atom stereocenters. The first-order chi connectivity index (χ1) is 9.94. The number of hydrogen-bond donors (Lipinski definition) is 3. The van der Waals surface area contributed by atoms with Crippen LogP contribution in [-0.4, -0.2) is 9.97 Å². The van der Waals surface area contributed by atoms with Crippen LogP contribution in [0.2, 0.25) is 0 Å². The van der Waals surface area contributed by atoms with Crippen LogP contribution in [0, 0.1) is 11.3 Å². The van der Waals surface area contributed by atoms with E-state index in [0.717, 1.165) is 12.1 Å². The van der Waals surface area contributed by atoms with Gasteiger partial charge in [-0.05, 0) is 18.2 Å². The lowest BCUT2D eigenvalue weighted by Crippen LogP contribution is -2.10. The van der Waals surface area contributed by atoms with Gasteiger partial charge in [0.15, 0.2) is 0 Å². The summed E-state index contributed by atoms with van der Waals surface area (Å²) in [7, 11) is 0. The molecule has 6 nitrogen and oxygen atoms in total. The lowest BCUT2D eigenvalue weighted by Gasteiger charge is -2.12. The number of rotatable bonds is 3. The number of nitrogens with zero attached hydrogens (tertiary/aromatic N) is 3. The molecule has 0 aliphatic rings. The van der Waals surface area contributed by atoms with Crippen LogP contribution in [0.1, 0.15) is 11.1 Å². The van der Waals surface area contributed by atoms with Crippen LogP contribution in [-0.2, 0) is 6.18 Å². The van der Waals surface area contributed by atoms with Crippen molar-refractivity contribution in [2.24, 2.45) is 5.84 Å². The van der Waals surface area contributed by atoms with E-state index < -0.39 is 17.3 Å². The number of anilines is 3. The number of hydrogen-bond acceptors (Lipinski definition) is 6. The predicted molar refractivity (Wildman–Crippen MR) is 69.3 cm³/mol. The Morgan fingerprint density at radius 3 is 2.48 bits per heavy atom. The first-order valence-electron chi connectivity index (χ1n) is 5.61. The fourth-order valence-electron chi connectivity index (χ4n) is 1.61. The predicted octanol–water partition coefficient (Wildman–Crippen LogP) is 2.40. The van der Waals surface area contributed by atoms with Gasteiger partial charge in [-0.2, -0.15) is 18.4 Å². The SMILES string of the molecule is N#Cc1ccc(Nc2cc(NN)ncn2)cc1C(F)(F)F. The van der Waals surface area contributed by atoms with E-state index in [0.29, 0.717) is 5.82 Å². The molecular formula is C12H9F3N6. The van der Waals surface area contributed by atoms with Crippen molar-refractivity contribution >= 4 is 17.3 Å². The number of benzene rings is 1. The second kappa shape index (κ2) is 5.64. The van der Waals surface area contributed by atoms with Crippen molar-refractivity contribution in [3.63, 3.8) is 0 Å². The van der Waals surface area contributed by atoms with E-state index >= 15 is 0 Å². The highest BCUT2D eigenvalue weighted by Gasteiger charge is 2.33. The maximum atomic E-state index is 12.8. The number of aromatic nitrogens is 2. The van der Waals surface area contributed by atoms with Gasteiger partial charge < -0.3 is 10.7 Å². The van der Waals surface area contributed by atoms with Gasteiger partial charge in [0, 0.05) is 11.8 Å². The summed E-state index contributed by atoms with van der Waals surface area (Å²) >= 11 is 0. The Hall–Kier alpha value is -2.86. The van der Waals surface area contributed by atoms with E-state index in [4.69, 9.17) is 11.1 Å². The van der Waals surface area contributed by atoms with Crippen LogP contribution >= 0.6 is 0 Å². The number of nitrogens with two attached hydrogens (primary N) is 1. The smallest absolute Gasteiger partial charge is 0.340 e. The zero-order valence-corrected chi connectivity index (χ0v) is 10.4. The highest BCUT2D eigenvalue weighted by atomic mass is 19.4. The average molecular weight is 294 g/mol. The molecule has 1 aromatic carbocycles. The second-order valence-corrected chi connectivity index (χ2v) is 3.93. The third-order valence-electron chi connectivity index (χ3n) is 2.53. The number of alkyl halides is 3. The maximum absolute atomic E-state index is 12.8. The Kier molecular flexibility index (Phi) is 3.91. The topological polar surface area (TPSA) is 99.7 Å². The number of nitrogens with one attached hydrogen (secondary N) is 2. The first-order valence-corrected chi connectivity index (χ1v) is 5.61. The molecule has 0 aliphatic carbocycles. The van der Waals surface area contributed by atoms with Gasteiger partial charge in [0.2, 0.25) is 0 Å². The molecule has 1 heterocycles. The molecule has 2 rings (SSSR count). The third-order valence-corrected chi connectivity index (χ3v) is 2.53. The molecule has 0 radical (unpaired) electrons. The first kappa shape index (κ1) is 14.5. The zero-order valence-electron chi connectivity index (χ0n) is 10.4. The summed E-state index contributed by atoms with van der Waals surface area (Å²) < 4.78 is 38.5. The number of nitrogen functional groups attached to an aromatic ring is 1. The molecular weight excluding hydrogens is 285 g/mol. The molecule has 4 N–H and O–H groups in total. The van der Waals surface area contributed by atoms with Crippen LogP contribution in [0.25, 0.3) is 0 Å². The van der Waals surface area contributed by atoms with E-state index in [1.54, 1.807) is 0 Å². The molecule has 2 aromatic rings. The number of halogens is 3. The van der Waals surface area contributed by atoms with Crippen molar-refractivity contribution in [2.75, 3.05) is 10.7 Å². The van der Waals surface area contributed by atoms with Crippen LogP contribution < -0.4 is 16.6 Å². The summed E-state index contributed by atoms with van der Waals surface area (Å²) in [4.78, 5) is 7.63. The van der Waals surface area contributed by atoms with Gasteiger partial charge in [0.25, 0.3) is 0 Å². The molecule has 108 valence electrons. The van der Waals surface area contributed by atoms with Crippen molar-refractivity contribution in [1.29, 1.82) is 5.26 Å². The van der Waals surface area contributed by atoms with E-state index in [1.807, 2.05) is 0 Å². The van der Waals surface area contributed by atoms with Gasteiger partial charge in [0.1, 0.15) is 18.0 Å². The molecule has 1 aromatic heterocycles. The maximum Gasteiger partial charge on any atom is 0.417 e. The Labute approximate surface area is 117 Å². The number of nitriles is 1. The van der Waals surface area contributed by atoms with E-state index in [-0.39, 0.29) is 11.5 Å². The summed E-state index contributed by atoms with van der Waals surface area (Å²) in [5.74, 6) is 5.74. The molecule has 0 bridgehead atoms. The van der Waals surface area contributed by atoms with E-state index in [9.17, 15) is 13.2 Å². The molecule has 0 spiro atoms. The van der Waals surface area contributed by atoms with Crippen molar-refractivity contribution in [3.05, 3.63) is 41.7 Å². The van der Waals surface area contributed by atoms with Crippen molar-refractivity contribution in [2.45, 2.75) is 6.18 Å². The van der Waals surface area contributed by atoms with E-state index in [2.05, 4.69) is 20.7 Å². The van der Waals surface area contributed by atoms with Gasteiger partial charge in [0.05, 0.1) is 17.2 Å². The van der Waals surface area contributed by atoms with Gasteiger partial charge in [-0.15, -0.1) is 0 Å². The van der Waals surface area contributed by atoms with E-state index in [1.165, 1.54) is 24.5 Å². The number of hydrazine groups is 1. The standard InChI is InChI=1S/C12H9F3N6/c13-12(14,15)9-3-8(2-1-7(9)5-16)20-10-4-11(21-17)19-6-18-10/h1-4,6H,17H2,(H2,18,19,20,21). The quantitative estimate of drug-likeness (QED) is 0.593. The minimum absolute atomic E-state index is 0.142. The molecule has 0 atom stereocenters. The van der Waals surface area contributed by atoms with Crippen molar-refractivity contribution in [1.82, 2.24) is 9.97 Å². The van der Waals surface area contributed by atoms with Gasteiger partial charge >= 0.3 is 6.18 Å². The average Bonchev–Trinajstić information content (AvgIpc) is 2.46. The third kappa shape index (κ3) is 3.37. The summed E-state index contributed by atoms with van der Waals surface area (Å²) in [5.41, 5.74) is 0.977. The fraction of sp³-hybridized carbons (Fsp3) is 0.0833. The van der Waals surface area contributed by atoms with Crippen molar-refractivity contribution in [3.8, 4) is 6.07 Å². The normalized spacial score (nSPS) is 10.8. The van der Waals surface area contributed by atoms with Crippen LogP contribution in [0.3, 0.4) is 0 Å². The summed E-state index contributed by atoms with van der Waals surface area (Å²) in [6, 6.07) is 6.22. The summed E-state index contributed by atoms with van der Waals surface area (Å²) in [6.07, 6.45) is -3.41. The molecule has 0 saturated carbocycles. The molecule has 0 aliphatic heterocycles. The molecule has 0 saturated heterocycles. The highest BCUT2D eigenvalue weighted by molar-refractivity contribution is 5.61. The minimum Gasteiger partial charge on any atom is -0.340 e. The van der Waals surface area contributed by atoms with Crippen LogP contribution in [0.5, 0.6) is 0 Å². The van der Waals surface area contributed by atoms with Gasteiger partial charge in [-0.25, -0.2) is 15.8 Å². The lowest BCUT2D eigenvalue weighted by molar-refractivity contribution is -0.137. The Morgan fingerprint density at radius 1 is 1.14 bits per heavy atom. The van der Waals surface area contributed by atoms with Gasteiger partial charge in [-0.3, -0.25) is 0 Å². The molecule has 0 fully saturated rings. The molecule has 21 heavy (non-hydrogen) atoms. The van der Waals surface area contributed by atoms with Crippen molar-refractivity contribution < 1.29 is 13.2 Å². The summed E-state index contributed by atoms with van der Waals surface area (Å²) in [6.45, 7) is 0. The van der Waals surface area contributed by atoms with Crippen LogP contribution in [0.15, 0.2) is 30.6 Å². The zero-order chi connectivity index (χ0) is 15.5. The highest BCUT2D eigenvalue weighted by Crippen LogP contribution is 2.34. The summed E-state index contributed by atoms with van der Waals surface area (Å²) in [5, 5.41) is 11.4.